The Labute approximate surface area is 94.3 Å². The average molecular weight is 210 g/mol. The van der Waals surface area contributed by atoms with Crippen LogP contribution in [0.4, 0.5) is 0 Å². The van der Waals surface area contributed by atoms with E-state index >= 15 is 0 Å². The Morgan fingerprint density at radius 2 is 1.93 bits per heavy atom. The Morgan fingerprint density at radius 1 is 1.27 bits per heavy atom. The molecule has 0 spiro atoms. The maximum atomic E-state index is 5.77. The van der Waals surface area contributed by atoms with E-state index in [4.69, 9.17) is 5.73 Å². The summed E-state index contributed by atoms with van der Waals surface area (Å²) in [5, 5.41) is 0. The summed E-state index contributed by atoms with van der Waals surface area (Å²) < 4.78 is 0. The molecule has 88 valence electrons. The van der Waals surface area contributed by atoms with Gasteiger partial charge in [0.1, 0.15) is 0 Å². The van der Waals surface area contributed by atoms with Gasteiger partial charge >= 0.3 is 0 Å². The summed E-state index contributed by atoms with van der Waals surface area (Å²) in [7, 11) is 0. The molecule has 15 heavy (non-hydrogen) atoms. The zero-order chi connectivity index (χ0) is 11.1. The number of hydrogen-bond acceptors (Lipinski definition) is 1. The Kier molecular flexibility index (Phi) is 5.74. The van der Waals surface area contributed by atoms with Crippen molar-refractivity contribution < 1.29 is 0 Å². The topological polar surface area (TPSA) is 38.4 Å². The lowest BCUT2D eigenvalue weighted by Gasteiger charge is -2.25. The Bertz CT molecular complexity index is 191. The third kappa shape index (κ3) is 5.19. The highest BCUT2D eigenvalue weighted by molar-refractivity contribution is 5.80. The molecule has 2 heteroatoms. The van der Waals surface area contributed by atoms with Gasteiger partial charge in [-0.3, -0.25) is 4.99 Å². The molecule has 0 atom stereocenters. The van der Waals surface area contributed by atoms with Crippen molar-refractivity contribution in [3.8, 4) is 0 Å². The van der Waals surface area contributed by atoms with Gasteiger partial charge in [-0.25, -0.2) is 0 Å². The second-order valence-electron chi connectivity index (χ2n) is 5.04. The monoisotopic (exact) mass is 210 g/mol. The molecule has 0 unspecified atom stereocenters. The van der Waals surface area contributed by atoms with Crippen LogP contribution >= 0.6 is 0 Å². The zero-order valence-electron chi connectivity index (χ0n) is 10.3. The zero-order valence-corrected chi connectivity index (χ0v) is 10.3. The third-order valence-electron chi connectivity index (χ3n) is 3.49. The van der Waals surface area contributed by atoms with E-state index in [9.17, 15) is 0 Å². The highest BCUT2D eigenvalue weighted by Gasteiger charge is 2.17. The normalized spacial score (nSPS) is 28.0. The van der Waals surface area contributed by atoms with Crippen LogP contribution in [0.25, 0.3) is 0 Å². The molecule has 1 aliphatic carbocycles. The maximum Gasteiger partial charge on any atom is 0.0936 e. The van der Waals surface area contributed by atoms with Gasteiger partial charge in [0.2, 0.25) is 0 Å². The Hall–Kier alpha value is -0.530. The lowest BCUT2D eigenvalue weighted by atomic mass is 9.81. The molecule has 0 radical (unpaired) electrons. The van der Waals surface area contributed by atoms with Crippen LogP contribution in [0.5, 0.6) is 0 Å². The van der Waals surface area contributed by atoms with Gasteiger partial charge in [-0.1, -0.05) is 39.5 Å². The molecule has 1 aliphatic rings. The van der Waals surface area contributed by atoms with Gasteiger partial charge in [-0.2, -0.15) is 0 Å². The number of hydrogen-bond donors (Lipinski definition) is 1. The lowest BCUT2D eigenvalue weighted by molar-refractivity contribution is 0.280. The van der Waals surface area contributed by atoms with E-state index in [1.807, 2.05) is 0 Å². The van der Waals surface area contributed by atoms with E-state index in [0.29, 0.717) is 0 Å². The molecular formula is C13H26N2. The fourth-order valence-electron chi connectivity index (χ4n) is 2.34. The third-order valence-corrected chi connectivity index (χ3v) is 3.49. The van der Waals surface area contributed by atoms with E-state index in [1.54, 1.807) is 0 Å². The molecule has 0 aromatic carbocycles. The molecule has 1 saturated carbocycles. The fraction of sp³-hybridized carbons (Fsp3) is 0.923. The van der Waals surface area contributed by atoms with E-state index < -0.39 is 0 Å². The van der Waals surface area contributed by atoms with Gasteiger partial charge in [0.05, 0.1) is 5.84 Å². The summed E-state index contributed by atoms with van der Waals surface area (Å²) in [6.45, 7) is 5.46. The first kappa shape index (κ1) is 12.5. The van der Waals surface area contributed by atoms with Crippen LogP contribution in [0, 0.1) is 11.8 Å². The maximum absolute atomic E-state index is 5.77. The molecule has 0 aliphatic heterocycles. The molecule has 2 N–H and O–H groups in total. The van der Waals surface area contributed by atoms with Crippen LogP contribution in [0.3, 0.4) is 0 Å². The van der Waals surface area contributed by atoms with Crippen molar-refractivity contribution in [2.75, 3.05) is 6.54 Å². The highest BCUT2D eigenvalue weighted by atomic mass is 14.8. The van der Waals surface area contributed by atoms with Crippen molar-refractivity contribution in [1.29, 1.82) is 0 Å². The second-order valence-corrected chi connectivity index (χ2v) is 5.04. The molecule has 0 amide bonds. The van der Waals surface area contributed by atoms with Crippen LogP contribution in [0.15, 0.2) is 4.99 Å². The Morgan fingerprint density at radius 3 is 2.53 bits per heavy atom. The molecule has 1 rings (SSSR count). The first-order valence-electron chi connectivity index (χ1n) is 6.51. The molecule has 0 bridgehead atoms. The van der Waals surface area contributed by atoms with Gasteiger partial charge < -0.3 is 5.73 Å². The predicted octanol–water partition coefficient (Wildman–Crippen LogP) is 3.36. The van der Waals surface area contributed by atoms with E-state index in [1.165, 1.54) is 32.1 Å². The SMILES string of the molecule is CCCC(N)=NCCC1CCC(C)CC1. The van der Waals surface area contributed by atoms with E-state index in [-0.39, 0.29) is 0 Å². The highest BCUT2D eigenvalue weighted by Crippen LogP contribution is 2.30. The van der Waals surface area contributed by atoms with Gasteiger partial charge in [0, 0.05) is 13.0 Å². The first-order valence-corrected chi connectivity index (χ1v) is 6.51. The van der Waals surface area contributed by atoms with Gasteiger partial charge in [-0.05, 0) is 24.7 Å². The molecule has 0 aromatic rings. The molecule has 1 fully saturated rings. The smallest absolute Gasteiger partial charge is 0.0936 e. The number of aliphatic imine (C=N–C) groups is 1. The molecule has 0 aromatic heterocycles. The van der Waals surface area contributed by atoms with E-state index in [2.05, 4.69) is 18.8 Å². The van der Waals surface area contributed by atoms with Gasteiger partial charge in [0.15, 0.2) is 0 Å². The van der Waals surface area contributed by atoms with Crippen LogP contribution < -0.4 is 5.73 Å². The quantitative estimate of drug-likeness (QED) is 0.548. The number of nitrogens with zero attached hydrogens (tertiary/aromatic N) is 1. The second kappa shape index (κ2) is 6.86. The standard InChI is InChI=1S/C13H26N2/c1-3-4-13(14)15-10-9-12-7-5-11(2)6-8-12/h11-12H,3-10H2,1-2H3,(H2,14,15). The van der Waals surface area contributed by atoms with Crippen LogP contribution in [-0.2, 0) is 0 Å². The van der Waals surface area contributed by atoms with Crippen LogP contribution in [0.2, 0.25) is 0 Å². The van der Waals surface area contributed by atoms with Crippen molar-refractivity contribution in [3.63, 3.8) is 0 Å². The molecular weight excluding hydrogens is 184 g/mol. The minimum Gasteiger partial charge on any atom is -0.387 e. The predicted molar refractivity (Wildman–Crippen MR) is 67.1 cm³/mol. The van der Waals surface area contributed by atoms with Crippen molar-refractivity contribution >= 4 is 5.84 Å². The van der Waals surface area contributed by atoms with Crippen molar-refractivity contribution in [2.45, 2.75) is 58.8 Å². The molecule has 0 saturated heterocycles. The van der Waals surface area contributed by atoms with Crippen molar-refractivity contribution in [2.24, 2.45) is 22.6 Å². The summed E-state index contributed by atoms with van der Waals surface area (Å²) in [5.74, 6) is 2.72. The molecule has 2 nitrogen and oxygen atoms in total. The van der Waals surface area contributed by atoms with Crippen molar-refractivity contribution in [1.82, 2.24) is 0 Å². The summed E-state index contributed by atoms with van der Waals surface area (Å²) in [6.07, 6.45) is 8.96. The summed E-state index contributed by atoms with van der Waals surface area (Å²) in [4.78, 5) is 4.42. The largest absolute Gasteiger partial charge is 0.387 e. The minimum absolute atomic E-state index is 0.849. The van der Waals surface area contributed by atoms with Crippen LogP contribution in [-0.4, -0.2) is 12.4 Å². The van der Waals surface area contributed by atoms with Gasteiger partial charge in [-0.15, -0.1) is 0 Å². The number of amidine groups is 1. The summed E-state index contributed by atoms with van der Waals surface area (Å²) >= 11 is 0. The summed E-state index contributed by atoms with van der Waals surface area (Å²) in [6, 6.07) is 0. The van der Waals surface area contributed by atoms with E-state index in [0.717, 1.165) is 37.1 Å². The van der Waals surface area contributed by atoms with Crippen molar-refractivity contribution in [3.05, 3.63) is 0 Å². The van der Waals surface area contributed by atoms with Crippen LogP contribution in [0.1, 0.15) is 58.8 Å². The number of rotatable bonds is 5. The minimum atomic E-state index is 0.849. The first-order chi connectivity index (χ1) is 7.22. The number of nitrogens with two attached hydrogens (primary N) is 1. The molecule has 0 heterocycles. The lowest BCUT2D eigenvalue weighted by Crippen LogP contribution is -2.15. The fourth-order valence-corrected chi connectivity index (χ4v) is 2.34. The average Bonchev–Trinajstić information content (AvgIpc) is 2.21. The Balaban J connectivity index is 2.12. The summed E-state index contributed by atoms with van der Waals surface area (Å²) in [5.41, 5.74) is 5.77. The van der Waals surface area contributed by atoms with Gasteiger partial charge in [0.25, 0.3) is 0 Å².